The van der Waals surface area contributed by atoms with Crippen molar-refractivity contribution in [1.29, 1.82) is 0 Å². The Morgan fingerprint density at radius 1 is 0.958 bits per heavy atom. The first-order valence-electron chi connectivity index (χ1n) is 7.25. The number of carbonyl (C=O) groups is 2. The quantitative estimate of drug-likeness (QED) is 0.785. The number of urea groups is 1. The fourth-order valence-electron chi connectivity index (χ4n) is 1.85. The average molecular weight is 331 g/mol. The number of rotatable bonds is 5. The second-order valence-corrected chi connectivity index (χ2v) is 5.03. The van der Waals surface area contributed by atoms with Crippen molar-refractivity contribution in [3.63, 3.8) is 0 Å². The Labute approximate surface area is 139 Å². The van der Waals surface area contributed by atoms with E-state index in [9.17, 15) is 14.0 Å². The summed E-state index contributed by atoms with van der Waals surface area (Å²) < 4.78 is 17.8. The van der Waals surface area contributed by atoms with E-state index in [0.29, 0.717) is 17.1 Å². The summed E-state index contributed by atoms with van der Waals surface area (Å²) in [7, 11) is 1.45. The molecule has 0 aromatic heterocycles. The summed E-state index contributed by atoms with van der Waals surface area (Å²) in [5.74, 6) is -0.667. The summed E-state index contributed by atoms with van der Waals surface area (Å²) in [4.78, 5) is 23.7. The molecule has 1 atom stereocenters. The number of benzene rings is 2. The highest BCUT2D eigenvalue weighted by molar-refractivity contribution is 6.00. The minimum absolute atomic E-state index is 0.287. The van der Waals surface area contributed by atoms with Crippen molar-refractivity contribution in [2.75, 3.05) is 23.1 Å². The number of nitrogens with one attached hydrogen (secondary N) is 3. The van der Waals surface area contributed by atoms with E-state index in [0.717, 1.165) is 0 Å². The maximum Gasteiger partial charge on any atom is 0.323 e. The van der Waals surface area contributed by atoms with Gasteiger partial charge in [0, 0.05) is 24.2 Å². The number of hydrogen-bond donors (Lipinski definition) is 3. The van der Waals surface area contributed by atoms with E-state index in [1.54, 1.807) is 31.2 Å². The van der Waals surface area contributed by atoms with Crippen LogP contribution in [-0.4, -0.2) is 25.2 Å². The minimum Gasteiger partial charge on any atom is -0.372 e. The fraction of sp³-hybridized carbons (Fsp3) is 0.176. The molecule has 126 valence electrons. The zero-order valence-electron chi connectivity index (χ0n) is 13.3. The Kier molecular flexibility index (Phi) is 5.86. The molecule has 24 heavy (non-hydrogen) atoms. The number of amides is 3. The van der Waals surface area contributed by atoms with E-state index in [1.165, 1.54) is 31.4 Å². The van der Waals surface area contributed by atoms with E-state index >= 15 is 0 Å². The fourth-order valence-corrected chi connectivity index (χ4v) is 1.85. The molecule has 2 aromatic carbocycles. The Hall–Kier alpha value is -2.93. The SMILES string of the molecule is CO[C@H](C)C(=O)Nc1cccc(NC(=O)Nc2ccc(F)cc2)c1. The van der Waals surface area contributed by atoms with Crippen molar-refractivity contribution in [2.45, 2.75) is 13.0 Å². The lowest BCUT2D eigenvalue weighted by Gasteiger charge is -2.12. The van der Waals surface area contributed by atoms with Gasteiger partial charge in [-0.25, -0.2) is 9.18 Å². The van der Waals surface area contributed by atoms with Crippen molar-refractivity contribution >= 4 is 29.0 Å². The van der Waals surface area contributed by atoms with Gasteiger partial charge in [0.15, 0.2) is 0 Å². The van der Waals surface area contributed by atoms with Crippen LogP contribution in [0.3, 0.4) is 0 Å². The first-order valence-corrected chi connectivity index (χ1v) is 7.25. The van der Waals surface area contributed by atoms with Gasteiger partial charge in [-0.05, 0) is 49.4 Å². The molecule has 0 aliphatic rings. The molecule has 2 aromatic rings. The molecule has 2 rings (SSSR count). The van der Waals surface area contributed by atoms with Crippen LogP contribution in [0, 0.1) is 5.82 Å². The summed E-state index contributed by atoms with van der Waals surface area (Å²) in [6.45, 7) is 1.63. The summed E-state index contributed by atoms with van der Waals surface area (Å²) >= 11 is 0. The van der Waals surface area contributed by atoms with E-state index in [1.807, 2.05) is 0 Å². The van der Waals surface area contributed by atoms with Gasteiger partial charge in [-0.15, -0.1) is 0 Å². The lowest BCUT2D eigenvalue weighted by molar-refractivity contribution is -0.124. The van der Waals surface area contributed by atoms with Gasteiger partial charge in [-0.1, -0.05) is 6.07 Å². The van der Waals surface area contributed by atoms with Crippen LogP contribution >= 0.6 is 0 Å². The molecule has 3 amide bonds. The third kappa shape index (κ3) is 5.06. The smallest absolute Gasteiger partial charge is 0.323 e. The molecule has 0 fully saturated rings. The predicted octanol–water partition coefficient (Wildman–Crippen LogP) is 3.44. The first kappa shape index (κ1) is 17.4. The summed E-state index contributed by atoms with van der Waals surface area (Å²) in [5.41, 5.74) is 1.49. The van der Waals surface area contributed by atoms with Crippen molar-refractivity contribution in [3.05, 3.63) is 54.3 Å². The van der Waals surface area contributed by atoms with Crippen LogP contribution in [0.5, 0.6) is 0 Å². The van der Waals surface area contributed by atoms with E-state index < -0.39 is 12.1 Å². The van der Waals surface area contributed by atoms with Crippen LogP contribution in [0.25, 0.3) is 0 Å². The highest BCUT2D eigenvalue weighted by atomic mass is 19.1. The molecule has 0 bridgehead atoms. The molecule has 3 N–H and O–H groups in total. The van der Waals surface area contributed by atoms with Crippen LogP contribution in [0.2, 0.25) is 0 Å². The summed E-state index contributed by atoms with van der Waals surface area (Å²) in [6, 6.07) is 11.6. The second kappa shape index (κ2) is 8.07. The molecule has 7 heteroatoms. The van der Waals surface area contributed by atoms with Gasteiger partial charge in [-0.3, -0.25) is 4.79 Å². The van der Waals surface area contributed by atoms with Gasteiger partial charge in [0.1, 0.15) is 11.9 Å². The second-order valence-electron chi connectivity index (χ2n) is 5.03. The van der Waals surface area contributed by atoms with Gasteiger partial charge in [-0.2, -0.15) is 0 Å². The standard InChI is InChI=1S/C17H18FN3O3/c1-11(24-2)16(22)19-14-4-3-5-15(10-14)21-17(23)20-13-8-6-12(18)7-9-13/h3-11H,1-2H3,(H,19,22)(H2,20,21,23)/t11-/m1/s1. The van der Waals surface area contributed by atoms with Crippen molar-refractivity contribution in [3.8, 4) is 0 Å². The molecule has 0 aliphatic heterocycles. The Morgan fingerprint density at radius 2 is 1.54 bits per heavy atom. The van der Waals surface area contributed by atoms with Crippen molar-refractivity contribution < 1.29 is 18.7 Å². The zero-order valence-corrected chi connectivity index (χ0v) is 13.3. The minimum atomic E-state index is -0.580. The summed E-state index contributed by atoms with van der Waals surface area (Å²) in [5, 5.41) is 7.90. The van der Waals surface area contributed by atoms with Crippen molar-refractivity contribution in [1.82, 2.24) is 0 Å². The molecular formula is C17H18FN3O3. The molecule has 6 nitrogen and oxygen atoms in total. The largest absolute Gasteiger partial charge is 0.372 e. The topological polar surface area (TPSA) is 79.5 Å². The van der Waals surface area contributed by atoms with Crippen LogP contribution in [0.4, 0.5) is 26.2 Å². The Balaban J connectivity index is 1.97. The number of carbonyl (C=O) groups excluding carboxylic acids is 2. The van der Waals surface area contributed by atoms with Gasteiger partial charge < -0.3 is 20.7 Å². The average Bonchev–Trinajstić information content (AvgIpc) is 2.56. The first-order chi connectivity index (χ1) is 11.5. The number of halogens is 1. The van der Waals surface area contributed by atoms with Gasteiger partial charge in [0.05, 0.1) is 0 Å². The highest BCUT2D eigenvalue weighted by Gasteiger charge is 2.12. The maximum atomic E-state index is 12.8. The molecular weight excluding hydrogens is 313 g/mol. The summed E-state index contributed by atoms with van der Waals surface area (Å²) in [6.07, 6.45) is -0.580. The van der Waals surface area contributed by atoms with E-state index in [2.05, 4.69) is 16.0 Å². The maximum absolute atomic E-state index is 12.8. The number of hydrogen-bond acceptors (Lipinski definition) is 3. The third-order valence-corrected chi connectivity index (χ3v) is 3.21. The van der Waals surface area contributed by atoms with Gasteiger partial charge in [0.25, 0.3) is 5.91 Å². The number of ether oxygens (including phenoxy) is 1. The molecule has 0 unspecified atom stereocenters. The van der Waals surface area contributed by atoms with Crippen LogP contribution in [-0.2, 0) is 9.53 Å². The van der Waals surface area contributed by atoms with E-state index in [4.69, 9.17) is 4.74 Å². The number of methoxy groups -OCH3 is 1. The number of anilines is 3. The third-order valence-electron chi connectivity index (χ3n) is 3.21. The normalized spacial score (nSPS) is 11.5. The van der Waals surface area contributed by atoms with Gasteiger partial charge >= 0.3 is 6.03 Å². The molecule has 0 saturated heterocycles. The Morgan fingerprint density at radius 3 is 2.17 bits per heavy atom. The van der Waals surface area contributed by atoms with Crippen LogP contribution in [0.1, 0.15) is 6.92 Å². The monoisotopic (exact) mass is 331 g/mol. The van der Waals surface area contributed by atoms with Crippen molar-refractivity contribution in [2.24, 2.45) is 0 Å². The Bertz CT molecular complexity index is 719. The van der Waals surface area contributed by atoms with Crippen LogP contribution in [0.15, 0.2) is 48.5 Å². The van der Waals surface area contributed by atoms with Gasteiger partial charge in [0.2, 0.25) is 0 Å². The molecule has 0 saturated carbocycles. The molecule has 0 aliphatic carbocycles. The molecule has 0 heterocycles. The lowest BCUT2D eigenvalue weighted by Crippen LogP contribution is -2.26. The molecule has 0 radical (unpaired) electrons. The lowest BCUT2D eigenvalue weighted by atomic mass is 10.2. The van der Waals surface area contributed by atoms with Crippen LogP contribution < -0.4 is 16.0 Å². The van der Waals surface area contributed by atoms with E-state index in [-0.39, 0.29) is 11.7 Å². The zero-order chi connectivity index (χ0) is 17.5. The molecule has 0 spiro atoms. The predicted molar refractivity (Wildman–Crippen MR) is 90.6 cm³/mol. The highest BCUT2D eigenvalue weighted by Crippen LogP contribution is 2.16.